The number of benzene rings is 1. The molecule has 0 atom stereocenters. The van der Waals surface area contributed by atoms with E-state index >= 15 is 0 Å². The lowest BCUT2D eigenvalue weighted by atomic mass is 10.1. The SMILES string of the molecule is COc1ccc(C)cc1COCC(=O)NN(C)C. The molecule has 0 saturated heterocycles. The number of nitrogens with zero attached hydrogens (tertiary/aromatic N) is 1. The van der Waals surface area contributed by atoms with Crippen LogP contribution in [-0.4, -0.2) is 38.7 Å². The van der Waals surface area contributed by atoms with Crippen LogP contribution < -0.4 is 10.2 Å². The summed E-state index contributed by atoms with van der Waals surface area (Å²) in [4.78, 5) is 11.4. The predicted molar refractivity (Wildman–Crippen MR) is 69.2 cm³/mol. The molecule has 1 amide bonds. The molecule has 1 N–H and O–H groups in total. The van der Waals surface area contributed by atoms with Gasteiger partial charge in [-0.1, -0.05) is 17.7 Å². The second kappa shape index (κ2) is 6.98. The third kappa shape index (κ3) is 4.73. The van der Waals surface area contributed by atoms with Gasteiger partial charge in [-0.3, -0.25) is 10.2 Å². The van der Waals surface area contributed by atoms with E-state index in [-0.39, 0.29) is 12.5 Å². The lowest BCUT2D eigenvalue weighted by Crippen LogP contribution is -2.38. The number of ether oxygens (including phenoxy) is 2. The molecule has 5 nitrogen and oxygen atoms in total. The minimum Gasteiger partial charge on any atom is -0.496 e. The van der Waals surface area contributed by atoms with Gasteiger partial charge in [-0.15, -0.1) is 0 Å². The summed E-state index contributed by atoms with van der Waals surface area (Å²) in [5, 5.41) is 1.58. The average molecular weight is 252 g/mol. The fourth-order valence-corrected chi connectivity index (χ4v) is 1.56. The first kappa shape index (κ1) is 14.5. The Morgan fingerprint density at radius 2 is 2.11 bits per heavy atom. The molecule has 1 rings (SSSR count). The highest BCUT2D eigenvalue weighted by molar-refractivity contribution is 5.76. The highest BCUT2D eigenvalue weighted by Gasteiger charge is 2.06. The topological polar surface area (TPSA) is 50.8 Å². The van der Waals surface area contributed by atoms with E-state index in [1.165, 1.54) is 0 Å². The van der Waals surface area contributed by atoms with Gasteiger partial charge in [-0.25, -0.2) is 5.01 Å². The van der Waals surface area contributed by atoms with E-state index < -0.39 is 0 Å². The Balaban J connectivity index is 2.48. The standard InChI is InChI=1S/C13H20N2O3/c1-10-5-6-12(17-4)11(7-10)8-18-9-13(16)14-15(2)3/h5-7H,8-9H2,1-4H3,(H,14,16). The van der Waals surface area contributed by atoms with E-state index in [0.717, 1.165) is 16.9 Å². The highest BCUT2D eigenvalue weighted by Crippen LogP contribution is 2.20. The number of hydrogen-bond acceptors (Lipinski definition) is 4. The summed E-state index contributed by atoms with van der Waals surface area (Å²) >= 11 is 0. The number of aryl methyl sites for hydroxylation is 1. The molecule has 0 radical (unpaired) electrons. The number of rotatable bonds is 6. The third-order valence-electron chi connectivity index (χ3n) is 2.27. The van der Waals surface area contributed by atoms with Crippen LogP contribution in [0.1, 0.15) is 11.1 Å². The molecule has 0 aliphatic rings. The van der Waals surface area contributed by atoms with Crippen LogP contribution in [-0.2, 0) is 16.1 Å². The van der Waals surface area contributed by atoms with Crippen molar-refractivity contribution in [2.45, 2.75) is 13.5 Å². The predicted octanol–water partition coefficient (Wildman–Crippen LogP) is 1.11. The Bertz CT molecular complexity index is 405. The molecule has 18 heavy (non-hydrogen) atoms. The van der Waals surface area contributed by atoms with Gasteiger partial charge in [0, 0.05) is 19.7 Å². The second-order valence-corrected chi connectivity index (χ2v) is 4.24. The fourth-order valence-electron chi connectivity index (χ4n) is 1.56. The van der Waals surface area contributed by atoms with E-state index in [2.05, 4.69) is 5.43 Å². The number of nitrogens with one attached hydrogen (secondary N) is 1. The fraction of sp³-hybridized carbons (Fsp3) is 0.462. The monoisotopic (exact) mass is 252 g/mol. The van der Waals surface area contributed by atoms with Crippen molar-refractivity contribution in [2.75, 3.05) is 27.8 Å². The van der Waals surface area contributed by atoms with Crippen molar-refractivity contribution in [1.29, 1.82) is 0 Å². The second-order valence-electron chi connectivity index (χ2n) is 4.24. The Labute approximate surface area is 108 Å². The summed E-state index contributed by atoms with van der Waals surface area (Å²) in [6, 6.07) is 5.86. The maximum Gasteiger partial charge on any atom is 0.260 e. The van der Waals surface area contributed by atoms with Gasteiger partial charge in [0.15, 0.2) is 0 Å². The van der Waals surface area contributed by atoms with Crippen LogP contribution in [0.15, 0.2) is 18.2 Å². The van der Waals surface area contributed by atoms with Crippen molar-refractivity contribution in [2.24, 2.45) is 0 Å². The summed E-state index contributed by atoms with van der Waals surface area (Å²) in [5.41, 5.74) is 4.68. The van der Waals surface area contributed by atoms with Crippen molar-refractivity contribution in [3.05, 3.63) is 29.3 Å². The summed E-state index contributed by atoms with van der Waals surface area (Å²) in [7, 11) is 5.12. The summed E-state index contributed by atoms with van der Waals surface area (Å²) in [6.45, 7) is 2.38. The van der Waals surface area contributed by atoms with Crippen LogP contribution in [0.5, 0.6) is 5.75 Å². The molecule has 5 heteroatoms. The van der Waals surface area contributed by atoms with Crippen molar-refractivity contribution in [3.8, 4) is 5.75 Å². The number of amides is 1. The van der Waals surface area contributed by atoms with Crippen molar-refractivity contribution in [3.63, 3.8) is 0 Å². The zero-order valence-electron chi connectivity index (χ0n) is 11.3. The van der Waals surface area contributed by atoms with Gasteiger partial charge < -0.3 is 9.47 Å². The van der Waals surface area contributed by atoms with Crippen LogP contribution in [0, 0.1) is 6.92 Å². The van der Waals surface area contributed by atoms with E-state index in [1.807, 2.05) is 25.1 Å². The molecule has 0 saturated carbocycles. The molecule has 0 fully saturated rings. The minimum absolute atomic E-state index is 0.0231. The molecule has 0 spiro atoms. The lowest BCUT2D eigenvalue weighted by Gasteiger charge is -2.13. The third-order valence-corrected chi connectivity index (χ3v) is 2.27. The molecular weight excluding hydrogens is 232 g/mol. The Kier molecular flexibility index (Phi) is 5.61. The van der Waals surface area contributed by atoms with Crippen molar-refractivity contribution in [1.82, 2.24) is 10.4 Å². The molecule has 0 aliphatic carbocycles. The van der Waals surface area contributed by atoms with Gasteiger partial charge in [0.05, 0.1) is 13.7 Å². The lowest BCUT2D eigenvalue weighted by molar-refractivity contribution is -0.129. The van der Waals surface area contributed by atoms with Crippen LogP contribution in [0.2, 0.25) is 0 Å². The zero-order chi connectivity index (χ0) is 13.5. The maximum atomic E-state index is 11.4. The number of carbonyl (C=O) groups excluding carboxylic acids is 1. The normalized spacial score (nSPS) is 10.5. The molecule has 1 aromatic rings. The van der Waals surface area contributed by atoms with E-state index in [9.17, 15) is 4.79 Å². The number of carbonyl (C=O) groups is 1. The van der Waals surface area contributed by atoms with E-state index in [0.29, 0.717) is 6.61 Å². The number of hydrazine groups is 1. The summed E-state index contributed by atoms with van der Waals surface area (Å²) in [6.07, 6.45) is 0. The van der Waals surface area contributed by atoms with Gasteiger partial charge in [0.25, 0.3) is 5.91 Å². The molecule has 0 unspecified atom stereocenters. The Hall–Kier alpha value is -1.59. The molecule has 0 aliphatic heterocycles. The number of hydrogen-bond donors (Lipinski definition) is 1. The molecule has 0 bridgehead atoms. The van der Waals surface area contributed by atoms with Gasteiger partial charge in [0.2, 0.25) is 0 Å². The molecule has 1 aromatic carbocycles. The Morgan fingerprint density at radius 1 is 1.39 bits per heavy atom. The van der Waals surface area contributed by atoms with Crippen LogP contribution in [0.25, 0.3) is 0 Å². The number of methoxy groups -OCH3 is 1. The summed E-state index contributed by atoms with van der Waals surface area (Å²) < 4.78 is 10.6. The first-order valence-electron chi connectivity index (χ1n) is 5.71. The van der Waals surface area contributed by atoms with Gasteiger partial charge in [-0.2, -0.15) is 0 Å². The smallest absolute Gasteiger partial charge is 0.260 e. The largest absolute Gasteiger partial charge is 0.496 e. The molecular formula is C13H20N2O3. The van der Waals surface area contributed by atoms with Gasteiger partial charge >= 0.3 is 0 Å². The van der Waals surface area contributed by atoms with Crippen molar-refractivity contribution >= 4 is 5.91 Å². The van der Waals surface area contributed by atoms with Crippen LogP contribution in [0.3, 0.4) is 0 Å². The van der Waals surface area contributed by atoms with E-state index in [1.54, 1.807) is 26.2 Å². The quantitative estimate of drug-likeness (QED) is 0.771. The average Bonchev–Trinajstić information content (AvgIpc) is 2.28. The maximum absolute atomic E-state index is 11.4. The van der Waals surface area contributed by atoms with Gasteiger partial charge in [-0.05, 0) is 13.0 Å². The van der Waals surface area contributed by atoms with Gasteiger partial charge in [0.1, 0.15) is 12.4 Å². The summed E-state index contributed by atoms with van der Waals surface area (Å²) in [5.74, 6) is 0.597. The van der Waals surface area contributed by atoms with E-state index in [4.69, 9.17) is 9.47 Å². The molecule has 100 valence electrons. The first-order valence-corrected chi connectivity index (χ1v) is 5.71. The molecule has 0 aromatic heterocycles. The van der Waals surface area contributed by atoms with Crippen LogP contribution >= 0.6 is 0 Å². The molecule has 0 heterocycles. The minimum atomic E-state index is -0.174. The highest BCUT2D eigenvalue weighted by atomic mass is 16.5. The first-order chi connectivity index (χ1) is 8.52. The van der Waals surface area contributed by atoms with Crippen molar-refractivity contribution < 1.29 is 14.3 Å². The van der Waals surface area contributed by atoms with Crippen LogP contribution in [0.4, 0.5) is 0 Å². The Morgan fingerprint density at radius 3 is 2.72 bits per heavy atom. The zero-order valence-corrected chi connectivity index (χ0v) is 11.3.